The van der Waals surface area contributed by atoms with E-state index >= 15 is 0 Å². The van der Waals surface area contributed by atoms with Gasteiger partial charge in [-0.2, -0.15) is 0 Å². The molecule has 0 aliphatic rings. The van der Waals surface area contributed by atoms with Crippen LogP contribution in [0.4, 0.5) is 5.69 Å². The van der Waals surface area contributed by atoms with Crippen LogP contribution in [0.2, 0.25) is 0 Å². The molecule has 0 aliphatic carbocycles. The van der Waals surface area contributed by atoms with Crippen LogP contribution >= 0.6 is 31.9 Å². The zero-order chi connectivity index (χ0) is 14.7. The fourth-order valence-corrected chi connectivity index (χ4v) is 3.10. The zero-order valence-corrected chi connectivity index (χ0v) is 14.2. The van der Waals surface area contributed by atoms with Gasteiger partial charge in [0.15, 0.2) is 0 Å². The number of hydrogen-bond acceptors (Lipinski definition) is 3. The standard InChI is InChI=1S/C12H16Br2N2O3/c1-7(2)9(4-13)5-15-6-10(16(18)19)8(3)11(14)12(15)17/h6-7,9H,4-5H2,1-3H3. The topological polar surface area (TPSA) is 65.1 Å². The number of nitro groups is 1. The van der Waals surface area contributed by atoms with Gasteiger partial charge in [-0.3, -0.25) is 14.9 Å². The molecule has 0 aromatic carbocycles. The van der Waals surface area contributed by atoms with Crippen molar-refractivity contribution in [2.24, 2.45) is 11.8 Å². The van der Waals surface area contributed by atoms with Crippen LogP contribution in [0.15, 0.2) is 15.5 Å². The first-order chi connectivity index (χ1) is 8.79. The zero-order valence-electron chi connectivity index (χ0n) is 11.0. The van der Waals surface area contributed by atoms with Crippen molar-refractivity contribution in [2.75, 3.05) is 5.33 Å². The van der Waals surface area contributed by atoms with E-state index in [1.165, 1.54) is 10.8 Å². The molecule has 1 aromatic heterocycles. The monoisotopic (exact) mass is 394 g/mol. The van der Waals surface area contributed by atoms with Crippen molar-refractivity contribution in [1.82, 2.24) is 4.57 Å². The highest BCUT2D eigenvalue weighted by Crippen LogP contribution is 2.23. The first-order valence-electron chi connectivity index (χ1n) is 5.89. The summed E-state index contributed by atoms with van der Waals surface area (Å²) in [6, 6.07) is 0. The van der Waals surface area contributed by atoms with E-state index in [0.29, 0.717) is 18.0 Å². The predicted octanol–water partition coefficient (Wildman–Crippen LogP) is 3.49. The third-order valence-corrected chi connectivity index (χ3v) is 4.97. The van der Waals surface area contributed by atoms with Crippen LogP contribution in [0, 0.1) is 28.9 Å². The Morgan fingerprint density at radius 3 is 2.47 bits per heavy atom. The molecule has 7 heteroatoms. The van der Waals surface area contributed by atoms with Gasteiger partial charge in [-0.25, -0.2) is 0 Å². The van der Waals surface area contributed by atoms with Crippen LogP contribution in [0.5, 0.6) is 0 Å². The van der Waals surface area contributed by atoms with Gasteiger partial charge in [-0.1, -0.05) is 29.8 Å². The largest absolute Gasteiger partial charge is 0.308 e. The van der Waals surface area contributed by atoms with Crippen LogP contribution in [0.1, 0.15) is 19.4 Å². The highest BCUT2D eigenvalue weighted by Gasteiger charge is 2.21. The molecule has 0 aliphatic heterocycles. The molecule has 1 atom stereocenters. The average Bonchev–Trinajstić information content (AvgIpc) is 2.34. The maximum absolute atomic E-state index is 12.1. The van der Waals surface area contributed by atoms with Crippen molar-refractivity contribution in [3.05, 3.63) is 36.7 Å². The van der Waals surface area contributed by atoms with Crippen molar-refractivity contribution < 1.29 is 4.92 Å². The van der Waals surface area contributed by atoms with Crippen molar-refractivity contribution >= 4 is 37.5 Å². The fourth-order valence-electron chi connectivity index (χ4n) is 1.71. The minimum absolute atomic E-state index is 0.0384. The summed E-state index contributed by atoms with van der Waals surface area (Å²) >= 11 is 6.57. The molecule has 19 heavy (non-hydrogen) atoms. The van der Waals surface area contributed by atoms with E-state index < -0.39 is 4.92 Å². The molecule has 1 unspecified atom stereocenters. The summed E-state index contributed by atoms with van der Waals surface area (Å²) in [6.07, 6.45) is 1.33. The molecular weight excluding hydrogens is 380 g/mol. The van der Waals surface area contributed by atoms with Gasteiger partial charge in [0.2, 0.25) is 0 Å². The molecule has 0 spiro atoms. The second kappa shape index (κ2) is 6.65. The molecule has 5 nitrogen and oxygen atoms in total. The van der Waals surface area contributed by atoms with Gasteiger partial charge in [0, 0.05) is 17.4 Å². The Labute approximate surface area is 128 Å². The molecule has 1 heterocycles. The first kappa shape index (κ1) is 16.4. The van der Waals surface area contributed by atoms with E-state index in [1.54, 1.807) is 6.92 Å². The Hall–Kier alpha value is -0.690. The van der Waals surface area contributed by atoms with Crippen LogP contribution in [-0.4, -0.2) is 14.8 Å². The quantitative estimate of drug-likeness (QED) is 0.435. The van der Waals surface area contributed by atoms with Gasteiger partial charge >= 0.3 is 0 Å². The Balaban J connectivity index is 3.29. The van der Waals surface area contributed by atoms with Crippen molar-refractivity contribution in [3.63, 3.8) is 0 Å². The molecule has 0 saturated heterocycles. The fraction of sp³-hybridized carbons (Fsp3) is 0.583. The summed E-state index contributed by atoms with van der Waals surface area (Å²) in [5.41, 5.74) is 0.101. The van der Waals surface area contributed by atoms with E-state index in [9.17, 15) is 14.9 Å². The van der Waals surface area contributed by atoms with Gasteiger partial charge in [0.25, 0.3) is 11.2 Å². The van der Waals surface area contributed by atoms with Gasteiger partial charge in [-0.05, 0) is 34.7 Å². The van der Waals surface area contributed by atoms with Crippen LogP contribution in [0.25, 0.3) is 0 Å². The molecule has 1 aromatic rings. The Morgan fingerprint density at radius 2 is 2.05 bits per heavy atom. The number of aromatic nitrogens is 1. The minimum atomic E-state index is -0.464. The number of alkyl halides is 1. The van der Waals surface area contributed by atoms with Crippen molar-refractivity contribution in [3.8, 4) is 0 Å². The summed E-state index contributed by atoms with van der Waals surface area (Å²) in [4.78, 5) is 22.6. The number of nitrogens with zero attached hydrogens (tertiary/aromatic N) is 2. The summed E-state index contributed by atoms with van der Waals surface area (Å²) in [6.45, 7) is 6.16. The summed E-state index contributed by atoms with van der Waals surface area (Å²) in [7, 11) is 0. The number of halogens is 2. The smallest absolute Gasteiger partial charge is 0.289 e. The summed E-state index contributed by atoms with van der Waals surface area (Å²) in [5, 5.41) is 11.7. The average molecular weight is 396 g/mol. The van der Waals surface area contributed by atoms with E-state index in [0.717, 1.165) is 5.33 Å². The van der Waals surface area contributed by atoms with E-state index in [-0.39, 0.29) is 21.6 Å². The Morgan fingerprint density at radius 1 is 1.47 bits per heavy atom. The van der Waals surface area contributed by atoms with E-state index in [1.807, 2.05) is 0 Å². The maximum atomic E-state index is 12.1. The van der Waals surface area contributed by atoms with Crippen molar-refractivity contribution in [1.29, 1.82) is 0 Å². The highest BCUT2D eigenvalue weighted by molar-refractivity contribution is 9.10. The second-order valence-corrected chi connectivity index (χ2v) is 6.27. The predicted molar refractivity (Wildman–Crippen MR) is 81.9 cm³/mol. The van der Waals surface area contributed by atoms with Crippen LogP contribution in [0.3, 0.4) is 0 Å². The lowest BCUT2D eigenvalue weighted by molar-refractivity contribution is -0.386. The first-order valence-corrected chi connectivity index (χ1v) is 7.80. The maximum Gasteiger partial charge on any atom is 0.289 e. The van der Waals surface area contributed by atoms with E-state index in [4.69, 9.17) is 0 Å². The number of hydrogen-bond donors (Lipinski definition) is 0. The third kappa shape index (κ3) is 3.66. The van der Waals surface area contributed by atoms with Crippen LogP contribution < -0.4 is 5.56 Å². The molecule has 106 valence electrons. The third-order valence-electron chi connectivity index (χ3n) is 3.21. The lowest BCUT2D eigenvalue weighted by Gasteiger charge is -2.19. The van der Waals surface area contributed by atoms with Gasteiger partial charge in [0.1, 0.15) is 0 Å². The SMILES string of the molecule is Cc1c([N+](=O)[O-])cn(CC(CBr)C(C)C)c(=O)c1Br. The molecule has 0 amide bonds. The number of rotatable bonds is 5. The second-order valence-electron chi connectivity index (χ2n) is 4.83. The molecule has 0 fully saturated rings. The summed E-state index contributed by atoms with van der Waals surface area (Å²) in [5.74, 6) is 0.623. The van der Waals surface area contributed by atoms with Gasteiger partial charge < -0.3 is 4.57 Å². The van der Waals surface area contributed by atoms with E-state index in [2.05, 4.69) is 45.7 Å². The molecule has 0 saturated carbocycles. The molecule has 1 rings (SSSR count). The highest BCUT2D eigenvalue weighted by atomic mass is 79.9. The lowest BCUT2D eigenvalue weighted by Crippen LogP contribution is -2.28. The van der Waals surface area contributed by atoms with Gasteiger partial charge in [-0.15, -0.1) is 0 Å². The number of pyridine rings is 1. The molecule has 0 radical (unpaired) electrons. The van der Waals surface area contributed by atoms with Gasteiger partial charge in [0.05, 0.1) is 15.6 Å². The molecule has 0 N–H and O–H groups in total. The summed E-state index contributed by atoms with van der Waals surface area (Å²) < 4.78 is 1.68. The Kier molecular flexibility index (Phi) is 5.73. The van der Waals surface area contributed by atoms with Crippen LogP contribution in [-0.2, 0) is 6.54 Å². The molecular formula is C12H16Br2N2O3. The normalized spacial score (nSPS) is 12.7. The Bertz CT molecular complexity index is 541. The molecule has 0 bridgehead atoms. The minimum Gasteiger partial charge on any atom is -0.308 e. The lowest BCUT2D eigenvalue weighted by atomic mass is 9.98. The van der Waals surface area contributed by atoms with Crippen molar-refractivity contribution in [2.45, 2.75) is 27.3 Å².